The number of nitrogens with zero attached hydrogens (tertiary/aromatic N) is 1. The highest BCUT2D eigenvalue weighted by Gasteiger charge is 2.36. The molecular weight excluding hydrogens is 417 g/mol. The Labute approximate surface area is 183 Å². The lowest BCUT2D eigenvalue weighted by molar-refractivity contribution is -0.136. The lowest BCUT2D eigenvalue weighted by Gasteiger charge is -2.29. The molecule has 0 spiro atoms. The molecule has 0 fully saturated rings. The summed E-state index contributed by atoms with van der Waals surface area (Å²) in [5.41, 5.74) is 1.58. The standard InChI is InChI=1S/C23H20FN3O3S/c1-14-20(23(29)30-2)21(16-10-6-7-11-18(16)24)17(12-25)22(26-14)31-13-19(28)27-15-8-4-3-5-9-15/h3-11,21,26H,13H2,1-2H3,(H,27,28). The topological polar surface area (TPSA) is 91.2 Å². The number of benzene rings is 2. The zero-order chi connectivity index (χ0) is 22.4. The third-order valence-electron chi connectivity index (χ3n) is 4.67. The van der Waals surface area contributed by atoms with Crippen LogP contribution in [0.5, 0.6) is 0 Å². The van der Waals surface area contributed by atoms with E-state index in [0.717, 1.165) is 11.8 Å². The lowest BCUT2D eigenvalue weighted by Crippen LogP contribution is -2.29. The van der Waals surface area contributed by atoms with Gasteiger partial charge in [-0.3, -0.25) is 4.79 Å². The van der Waals surface area contributed by atoms with Gasteiger partial charge in [-0.1, -0.05) is 48.2 Å². The van der Waals surface area contributed by atoms with Gasteiger partial charge < -0.3 is 15.4 Å². The summed E-state index contributed by atoms with van der Waals surface area (Å²) >= 11 is 1.11. The highest BCUT2D eigenvalue weighted by Crippen LogP contribution is 2.41. The maximum Gasteiger partial charge on any atom is 0.336 e. The molecule has 1 aliphatic heterocycles. The molecule has 1 amide bonds. The van der Waals surface area contributed by atoms with E-state index in [0.29, 0.717) is 16.4 Å². The molecule has 1 unspecified atom stereocenters. The SMILES string of the molecule is COC(=O)C1=C(C)NC(SCC(=O)Nc2ccccc2)=C(C#N)C1c1ccccc1F. The number of nitriles is 1. The number of rotatable bonds is 6. The molecule has 0 aromatic heterocycles. The number of methoxy groups -OCH3 is 1. The average molecular weight is 437 g/mol. The molecule has 158 valence electrons. The quantitative estimate of drug-likeness (QED) is 0.662. The molecule has 1 heterocycles. The number of allylic oxidation sites excluding steroid dienone is 2. The number of ether oxygens (including phenoxy) is 1. The minimum Gasteiger partial charge on any atom is -0.466 e. The smallest absolute Gasteiger partial charge is 0.336 e. The van der Waals surface area contributed by atoms with Crippen LogP contribution in [0.15, 0.2) is 76.5 Å². The van der Waals surface area contributed by atoms with Crippen molar-refractivity contribution < 1.29 is 18.7 Å². The second-order valence-corrected chi connectivity index (χ2v) is 7.65. The van der Waals surface area contributed by atoms with Gasteiger partial charge in [-0.15, -0.1) is 0 Å². The molecule has 0 saturated heterocycles. The van der Waals surface area contributed by atoms with Gasteiger partial charge in [0.25, 0.3) is 0 Å². The molecule has 0 saturated carbocycles. The molecule has 3 rings (SSSR count). The van der Waals surface area contributed by atoms with Crippen LogP contribution < -0.4 is 10.6 Å². The van der Waals surface area contributed by atoms with Gasteiger partial charge in [-0.25, -0.2) is 9.18 Å². The minimum atomic E-state index is -0.945. The molecule has 31 heavy (non-hydrogen) atoms. The van der Waals surface area contributed by atoms with Crippen molar-refractivity contribution >= 4 is 29.3 Å². The number of para-hydroxylation sites is 1. The number of hydrogen-bond donors (Lipinski definition) is 2. The fraction of sp³-hybridized carbons (Fsp3) is 0.174. The van der Waals surface area contributed by atoms with Gasteiger partial charge in [0.15, 0.2) is 0 Å². The summed E-state index contributed by atoms with van der Waals surface area (Å²) in [7, 11) is 1.23. The van der Waals surface area contributed by atoms with E-state index >= 15 is 0 Å². The molecular formula is C23H20FN3O3S. The molecule has 6 nitrogen and oxygen atoms in total. The first-order valence-corrected chi connectivity index (χ1v) is 10.4. The van der Waals surface area contributed by atoms with Gasteiger partial charge in [0.1, 0.15) is 5.82 Å². The second kappa shape index (κ2) is 9.96. The van der Waals surface area contributed by atoms with Crippen molar-refractivity contribution in [1.29, 1.82) is 5.26 Å². The van der Waals surface area contributed by atoms with Crippen molar-refractivity contribution in [2.75, 3.05) is 18.2 Å². The fourth-order valence-electron chi connectivity index (χ4n) is 3.28. The van der Waals surface area contributed by atoms with Crippen LogP contribution in [0.2, 0.25) is 0 Å². The molecule has 1 atom stereocenters. The van der Waals surface area contributed by atoms with E-state index in [1.807, 2.05) is 18.2 Å². The van der Waals surface area contributed by atoms with Crippen LogP contribution in [0, 0.1) is 17.1 Å². The van der Waals surface area contributed by atoms with Gasteiger partial charge >= 0.3 is 5.97 Å². The van der Waals surface area contributed by atoms with Crippen molar-refractivity contribution in [2.45, 2.75) is 12.8 Å². The highest BCUT2D eigenvalue weighted by atomic mass is 32.2. The van der Waals surface area contributed by atoms with E-state index in [1.165, 1.54) is 25.3 Å². The first-order chi connectivity index (χ1) is 15.0. The fourth-order valence-corrected chi connectivity index (χ4v) is 4.18. The first-order valence-electron chi connectivity index (χ1n) is 9.38. The Bertz CT molecular complexity index is 1110. The van der Waals surface area contributed by atoms with Crippen LogP contribution in [0.3, 0.4) is 0 Å². The molecule has 2 aromatic rings. The molecule has 0 bridgehead atoms. The summed E-state index contributed by atoms with van der Waals surface area (Å²) in [5, 5.41) is 16.1. The Hall–Kier alpha value is -3.57. The van der Waals surface area contributed by atoms with Crippen LogP contribution in [-0.2, 0) is 14.3 Å². The van der Waals surface area contributed by atoms with Crippen LogP contribution in [0.1, 0.15) is 18.4 Å². The number of dihydropyridines is 1. The van der Waals surface area contributed by atoms with Crippen molar-refractivity contribution in [3.8, 4) is 6.07 Å². The minimum absolute atomic E-state index is 0.0211. The summed E-state index contributed by atoms with van der Waals surface area (Å²) in [6.07, 6.45) is 0. The van der Waals surface area contributed by atoms with E-state index in [9.17, 15) is 19.2 Å². The number of carbonyl (C=O) groups excluding carboxylic acids is 2. The predicted molar refractivity (Wildman–Crippen MR) is 117 cm³/mol. The molecule has 0 aliphatic carbocycles. The van der Waals surface area contributed by atoms with E-state index < -0.39 is 17.7 Å². The number of nitrogens with one attached hydrogen (secondary N) is 2. The normalized spacial score (nSPS) is 15.7. The lowest BCUT2D eigenvalue weighted by atomic mass is 9.82. The van der Waals surface area contributed by atoms with Crippen molar-refractivity contribution in [3.63, 3.8) is 0 Å². The highest BCUT2D eigenvalue weighted by molar-refractivity contribution is 8.03. The number of halogens is 1. The average Bonchev–Trinajstić information content (AvgIpc) is 2.77. The molecule has 2 N–H and O–H groups in total. The first kappa shape index (κ1) is 22.1. The van der Waals surface area contributed by atoms with E-state index in [1.54, 1.807) is 25.1 Å². The number of hydrogen-bond acceptors (Lipinski definition) is 6. The van der Waals surface area contributed by atoms with E-state index in [-0.39, 0.29) is 28.4 Å². The largest absolute Gasteiger partial charge is 0.466 e. The van der Waals surface area contributed by atoms with Crippen molar-refractivity contribution in [3.05, 3.63) is 87.9 Å². The monoisotopic (exact) mass is 437 g/mol. The summed E-state index contributed by atoms with van der Waals surface area (Å²) in [6.45, 7) is 1.65. The number of carbonyl (C=O) groups is 2. The van der Waals surface area contributed by atoms with Gasteiger partial charge in [0.2, 0.25) is 5.91 Å². The summed E-state index contributed by atoms with van der Waals surface area (Å²) in [4.78, 5) is 24.8. The zero-order valence-corrected chi connectivity index (χ0v) is 17.8. The van der Waals surface area contributed by atoms with E-state index in [4.69, 9.17) is 4.74 Å². The Morgan fingerprint density at radius 3 is 2.52 bits per heavy atom. The van der Waals surface area contributed by atoms with Crippen LogP contribution in [0.4, 0.5) is 10.1 Å². The number of anilines is 1. The Balaban J connectivity index is 1.92. The second-order valence-electron chi connectivity index (χ2n) is 6.67. The van der Waals surface area contributed by atoms with Gasteiger partial charge in [0, 0.05) is 16.9 Å². The molecule has 0 radical (unpaired) electrons. The van der Waals surface area contributed by atoms with Gasteiger partial charge in [-0.05, 0) is 25.1 Å². The third kappa shape index (κ3) is 4.95. The summed E-state index contributed by atoms with van der Waals surface area (Å²) in [6, 6.07) is 17.1. The van der Waals surface area contributed by atoms with Gasteiger partial charge in [0.05, 0.1) is 41.0 Å². The maximum atomic E-state index is 14.6. The Morgan fingerprint density at radius 1 is 1.19 bits per heavy atom. The predicted octanol–water partition coefficient (Wildman–Crippen LogP) is 4.07. The number of amides is 1. The molecule has 8 heteroatoms. The van der Waals surface area contributed by atoms with Gasteiger partial charge in [-0.2, -0.15) is 5.26 Å². The maximum absolute atomic E-state index is 14.6. The summed E-state index contributed by atoms with van der Waals surface area (Å²) < 4.78 is 19.5. The number of thioether (sulfide) groups is 1. The molecule has 1 aliphatic rings. The number of esters is 1. The Kier molecular flexibility index (Phi) is 7.11. The van der Waals surface area contributed by atoms with Crippen LogP contribution in [0.25, 0.3) is 0 Å². The summed E-state index contributed by atoms with van der Waals surface area (Å²) in [5.74, 6) is -2.38. The Morgan fingerprint density at radius 2 is 1.87 bits per heavy atom. The third-order valence-corrected chi connectivity index (χ3v) is 5.69. The molecule has 2 aromatic carbocycles. The zero-order valence-electron chi connectivity index (χ0n) is 16.9. The van der Waals surface area contributed by atoms with Crippen LogP contribution >= 0.6 is 11.8 Å². The van der Waals surface area contributed by atoms with Crippen molar-refractivity contribution in [1.82, 2.24) is 5.32 Å². The van der Waals surface area contributed by atoms with Crippen molar-refractivity contribution in [2.24, 2.45) is 0 Å². The van der Waals surface area contributed by atoms with E-state index in [2.05, 4.69) is 16.7 Å². The van der Waals surface area contributed by atoms with Crippen LogP contribution in [-0.4, -0.2) is 24.7 Å².